The van der Waals surface area contributed by atoms with Crippen LogP contribution in [0.5, 0.6) is 0 Å². The lowest BCUT2D eigenvalue weighted by Crippen LogP contribution is -2.71. The second kappa shape index (κ2) is 13.6. The normalized spacial score (nSPS) is 18.9. The van der Waals surface area contributed by atoms with Crippen LogP contribution >= 0.6 is 69.6 Å². The van der Waals surface area contributed by atoms with Crippen molar-refractivity contribution in [2.45, 2.75) is 21.4 Å². The highest BCUT2D eigenvalue weighted by molar-refractivity contribution is 8.07. The van der Waals surface area contributed by atoms with Gasteiger partial charge in [0.1, 0.15) is 27.1 Å². The predicted molar refractivity (Wildman–Crippen MR) is 160 cm³/mol. The second-order valence-electron chi connectivity index (χ2n) is 7.97. The molecule has 0 saturated carbocycles. The van der Waals surface area contributed by atoms with Crippen LogP contribution < -0.4 is 27.8 Å². The lowest BCUT2D eigenvalue weighted by Gasteiger charge is -2.49. The zero-order chi connectivity index (χ0) is 29.0. The Labute approximate surface area is 253 Å². The monoisotopic (exact) mass is 665 g/mol. The third kappa shape index (κ3) is 6.46. The number of thiazole rings is 2. The van der Waals surface area contributed by atoms with Gasteiger partial charge in [-0.15, -0.1) is 11.8 Å². The fraction of sp³-hybridized carbons (Fsp3) is 0.400. The van der Waals surface area contributed by atoms with Gasteiger partial charge in [-0.1, -0.05) is 51.2 Å². The molecule has 2 atom stereocenters. The minimum Gasteiger partial charge on any atom is -0.477 e. The van der Waals surface area contributed by atoms with Gasteiger partial charge in [-0.25, -0.2) is 14.8 Å². The van der Waals surface area contributed by atoms with E-state index in [2.05, 4.69) is 25.8 Å². The van der Waals surface area contributed by atoms with Crippen molar-refractivity contribution in [1.82, 2.24) is 20.2 Å². The van der Waals surface area contributed by atoms with Crippen LogP contribution in [0.15, 0.2) is 20.0 Å². The first-order chi connectivity index (χ1) is 19.2. The lowest BCUT2D eigenvalue weighted by molar-refractivity contribution is -0.150. The fourth-order valence-electron chi connectivity index (χ4n) is 3.67. The summed E-state index contributed by atoms with van der Waals surface area (Å²) in [5.41, 5.74) is 16.8. The van der Waals surface area contributed by atoms with Crippen LogP contribution in [-0.4, -0.2) is 91.2 Å². The minimum absolute atomic E-state index is 0.0389. The summed E-state index contributed by atoms with van der Waals surface area (Å²) in [4.78, 5) is 48.4. The van der Waals surface area contributed by atoms with Gasteiger partial charge in [-0.05, 0) is 0 Å². The number of aromatic nitrogens is 2. The molecule has 0 aromatic carbocycles. The highest BCUT2D eigenvalue weighted by Gasteiger charge is 2.54. The van der Waals surface area contributed by atoms with Gasteiger partial charge in [0.2, 0.25) is 0 Å². The molecule has 1 unspecified atom stereocenters. The zero-order valence-corrected chi connectivity index (χ0v) is 25.3. The third-order valence-corrected chi connectivity index (χ3v) is 11.3. The number of fused-ring (bicyclic) bond motifs is 1. The summed E-state index contributed by atoms with van der Waals surface area (Å²) >= 11 is 12.5. The predicted octanol–water partition coefficient (Wildman–Crippen LogP) is 1.06. The zero-order valence-electron chi connectivity index (χ0n) is 20.5. The molecule has 0 spiro atoms. The third-order valence-electron chi connectivity index (χ3n) is 5.36. The average molecular weight is 666 g/mol. The Kier molecular flexibility index (Phi) is 10.4. The highest BCUT2D eigenvalue weighted by Crippen LogP contribution is 2.47. The maximum Gasteiger partial charge on any atom is 0.353 e. The smallest absolute Gasteiger partial charge is 0.353 e. The number of halogens is 1. The first kappa shape index (κ1) is 30.7. The highest BCUT2D eigenvalue weighted by atomic mass is 35.5. The number of nitrogens with two attached hydrogens (primary N) is 3. The molecule has 0 radical (unpaired) electrons. The van der Waals surface area contributed by atoms with E-state index in [0.717, 1.165) is 31.9 Å². The maximum atomic E-state index is 13.1. The Hall–Kier alpha value is -2.26. The molecule has 10 N–H and O–H groups in total. The van der Waals surface area contributed by atoms with Crippen molar-refractivity contribution in [2.24, 2.45) is 16.6 Å². The average Bonchev–Trinajstić information content (AvgIpc) is 3.47. The van der Waals surface area contributed by atoms with E-state index in [1.807, 2.05) is 0 Å². The molecule has 0 aliphatic carbocycles. The van der Waals surface area contributed by atoms with Crippen LogP contribution in [0.1, 0.15) is 11.4 Å². The van der Waals surface area contributed by atoms with E-state index in [4.69, 9.17) is 28.8 Å². The molecule has 2 aliphatic heterocycles. The number of nitrogens with one attached hydrogen (secondary N) is 2. The number of carboxylic acid groups (broad SMARTS) is 1. The largest absolute Gasteiger partial charge is 0.477 e. The van der Waals surface area contributed by atoms with Gasteiger partial charge in [0.25, 0.3) is 11.8 Å². The standard InChI is InChI=1S/C20H24ClN9O5S5/c21-13-9(28-19(24)39-13)10(29-35)14(31)27-11-15(32)30-12(17(33)34)8(6-37-16(11)30)38-18-7(5-36-4-2-23)26-20(40-18)25-3-1-22/h11,16,35H,1-6,22-23H2,(H2,24,28)(H,25,26)(H,27,31)(H,33,34)/b29-10-/t11-,16?/m1/s1. The number of aliphatic carboxylic acids is 1. The number of β-lactam (4-membered cyclic amide) rings is 1. The van der Waals surface area contributed by atoms with E-state index in [0.29, 0.717) is 35.4 Å². The molecule has 40 heavy (non-hydrogen) atoms. The number of carboxylic acids is 1. The van der Waals surface area contributed by atoms with Gasteiger partial charge in [0.05, 0.1) is 9.90 Å². The molecule has 2 amide bonds. The summed E-state index contributed by atoms with van der Waals surface area (Å²) in [5, 5.41) is 28.1. The number of nitrogen functional groups attached to an aromatic ring is 1. The van der Waals surface area contributed by atoms with E-state index >= 15 is 0 Å². The number of amides is 2. The van der Waals surface area contributed by atoms with Gasteiger partial charge in [0, 0.05) is 41.8 Å². The Morgan fingerprint density at radius 1 is 1.25 bits per heavy atom. The molecule has 4 heterocycles. The molecule has 20 heteroatoms. The topological polar surface area (TPSA) is 235 Å². The van der Waals surface area contributed by atoms with Gasteiger partial charge in [-0.2, -0.15) is 11.8 Å². The number of hydrogen-bond donors (Lipinski definition) is 7. The van der Waals surface area contributed by atoms with E-state index in [1.165, 1.54) is 34.9 Å². The van der Waals surface area contributed by atoms with Gasteiger partial charge in [0.15, 0.2) is 16.0 Å². The van der Waals surface area contributed by atoms with Crippen LogP contribution in [-0.2, 0) is 20.1 Å². The van der Waals surface area contributed by atoms with E-state index in [9.17, 15) is 24.7 Å². The van der Waals surface area contributed by atoms with Crippen LogP contribution in [0.2, 0.25) is 4.34 Å². The Balaban J connectivity index is 1.53. The van der Waals surface area contributed by atoms with Crippen molar-refractivity contribution in [1.29, 1.82) is 0 Å². The molecule has 14 nitrogen and oxygen atoms in total. The van der Waals surface area contributed by atoms with E-state index in [-0.39, 0.29) is 26.6 Å². The van der Waals surface area contributed by atoms with Crippen molar-refractivity contribution in [3.8, 4) is 0 Å². The molecule has 2 aromatic heterocycles. The quantitative estimate of drug-likeness (QED) is 0.0521. The molecule has 2 aliphatic rings. The summed E-state index contributed by atoms with van der Waals surface area (Å²) in [5.74, 6) is -1.17. The van der Waals surface area contributed by atoms with Gasteiger partial charge < -0.3 is 38.1 Å². The lowest BCUT2D eigenvalue weighted by atomic mass is 10.0. The van der Waals surface area contributed by atoms with Crippen molar-refractivity contribution in [3.05, 3.63) is 26.3 Å². The molecular weight excluding hydrogens is 642 g/mol. The Morgan fingerprint density at radius 2 is 2.02 bits per heavy atom. The molecule has 4 rings (SSSR count). The summed E-state index contributed by atoms with van der Waals surface area (Å²) in [7, 11) is 0. The molecule has 2 aromatic rings. The van der Waals surface area contributed by atoms with Crippen LogP contribution in [0, 0.1) is 0 Å². The van der Waals surface area contributed by atoms with Crippen LogP contribution in [0.25, 0.3) is 0 Å². The first-order valence-electron chi connectivity index (χ1n) is 11.5. The number of hydrogen-bond acceptors (Lipinski definition) is 16. The van der Waals surface area contributed by atoms with Gasteiger partial charge in [-0.3, -0.25) is 14.5 Å². The van der Waals surface area contributed by atoms with Gasteiger partial charge >= 0.3 is 5.97 Å². The summed E-state index contributed by atoms with van der Waals surface area (Å²) in [6, 6.07) is -1.05. The molecule has 216 valence electrons. The fourth-order valence-corrected chi connectivity index (χ4v) is 9.32. The van der Waals surface area contributed by atoms with Crippen molar-refractivity contribution >= 4 is 103 Å². The summed E-state index contributed by atoms with van der Waals surface area (Å²) in [6.07, 6.45) is 0. The number of thioether (sulfide) groups is 3. The van der Waals surface area contributed by atoms with Crippen LogP contribution in [0.4, 0.5) is 10.3 Å². The molecular formula is C20H24ClN9O5S5. The number of carbonyl (C=O) groups is 3. The second-order valence-corrected chi connectivity index (χ2v) is 14.2. The Morgan fingerprint density at radius 3 is 2.65 bits per heavy atom. The number of nitrogens with zero attached hydrogens (tertiary/aromatic N) is 4. The van der Waals surface area contributed by atoms with Crippen LogP contribution in [0.3, 0.4) is 0 Å². The first-order valence-corrected chi connectivity index (χ1v) is 16.5. The maximum absolute atomic E-state index is 13.1. The summed E-state index contributed by atoms with van der Waals surface area (Å²) < 4.78 is 0.843. The van der Waals surface area contributed by atoms with Crippen molar-refractivity contribution in [3.63, 3.8) is 0 Å². The molecule has 1 saturated heterocycles. The van der Waals surface area contributed by atoms with E-state index < -0.39 is 34.9 Å². The Bertz CT molecular complexity index is 1370. The van der Waals surface area contributed by atoms with Crippen molar-refractivity contribution < 1.29 is 24.7 Å². The molecule has 1 fully saturated rings. The number of oxime groups is 1. The number of rotatable bonds is 13. The van der Waals surface area contributed by atoms with E-state index in [1.54, 1.807) is 11.8 Å². The summed E-state index contributed by atoms with van der Waals surface area (Å²) in [6.45, 7) is 1.48. The SMILES string of the molecule is NCCNc1nc(CSCCN)c(SC2=C(C(=O)O)N3C(=O)[C@@H](NC(=O)/C(=N\O)c4nc(N)sc4Cl)C3SC2)s1. The molecule has 0 bridgehead atoms. The van der Waals surface area contributed by atoms with Crippen molar-refractivity contribution in [2.75, 3.05) is 42.2 Å². The number of carbonyl (C=O) groups excluding carboxylic acids is 2. The minimum atomic E-state index is -1.27. The number of anilines is 2.